The van der Waals surface area contributed by atoms with E-state index in [0.29, 0.717) is 75.5 Å². The van der Waals surface area contributed by atoms with Crippen LogP contribution < -0.4 is 9.80 Å². The minimum Gasteiger partial charge on any atom is -0.394 e. The van der Waals surface area contributed by atoms with Crippen molar-refractivity contribution in [2.24, 2.45) is 0 Å². The molecule has 0 saturated carbocycles. The maximum Gasteiger partial charge on any atom is 0.229 e. The summed E-state index contributed by atoms with van der Waals surface area (Å²) in [7, 11) is 0. The van der Waals surface area contributed by atoms with Crippen molar-refractivity contribution in [2.45, 2.75) is 24.5 Å². The number of anilines is 2. The van der Waals surface area contributed by atoms with Crippen molar-refractivity contribution in [2.75, 3.05) is 69.0 Å². The molecule has 30 heavy (non-hydrogen) atoms. The highest BCUT2D eigenvalue weighted by molar-refractivity contribution is 5.85. The lowest BCUT2D eigenvalue weighted by atomic mass is 10.1. The van der Waals surface area contributed by atoms with Gasteiger partial charge in [0.1, 0.15) is 18.3 Å². The summed E-state index contributed by atoms with van der Waals surface area (Å²) in [4.78, 5) is 18.2. The fourth-order valence-electron chi connectivity index (χ4n) is 4.09. The maximum atomic E-state index is 10.5. The summed E-state index contributed by atoms with van der Waals surface area (Å²) in [5, 5.41) is 30.1. The zero-order valence-corrected chi connectivity index (χ0v) is 16.5. The summed E-state index contributed by atoms with van der Waals surface area (Å²) in [6, 6.07) is 0. The smallest absolute Gasteiger partial charge is 0.229 e. The monoisotopic (exact) mass is 422 g/mol. The molecular formula is C18H26N6O6. The third kappa shape index (κ3) is 3.39. The Kier molecular flexibility index (Phi) is 5.43. The average molecular weight is 422 g/mol. The van der Waals surface area contributed by atoms with E-state index in [1.54, 1.807) is 4.57 Å². The number of morpholine rings is 2. The number of aliphatic hydroxyl groups excluding tert-OH is 3. The van der Waals surface area contributed by atoms with Crippen molar-refractivity contribution in [3.05, 3.63) is 6.33 Å². The summed E-state index contributed by atoms with van der Waals surface area (Å²) < 4.78 is 18.2. The lowest BCUT2D eigenvalue weighted by molar-refractivity contribution is -0.0511. The van der Waals surface area contributed by atoms with Crippen LogP contribution in [0, 0.1) is 0 Å². The Balaban J connectivity index is 1.59. The maximum absolute atomic E-state index is 10.5. The third-order valence-electron chi connectivity index (χ3n) is 5.79. The van der Waals surface area contributed by atoms with E-state index >= 15 is 0 Å². The van der Waals surface area contributed by atoms with Crippen LogP contribution in [-0.4, -0.2) is 112 Å². The minimum atomic E-state index is -1.21. The number of hydrogen-bond acceptors (Lipinski definition) is 11. The number of nitrogens with zero attached hydrogens (tertiary/aromatic N) is 6. The molecule has 2 aromatic rings. The molecule has 12 nitrogen and oxygen atoms in total. The molecule has 2 aromatic heterocycles. The minimum absolute atomic E-state index is 0.394. The molecule has 3 saturated heterocycles. The van der Waals surface area contributed by atoms with Crippen LogP contribution in [0.25, 0.3) is 11.2 Å². The van der Waals surface area contributed by atoms with Gasteiger partial charge in [0.2, 0.25) is 5.95 Å². The highest BCUT2D eigenvalue weighted by Gasteiger charge is 2.44. The zero-order valence-electron chi connectivity index (χ0n) is 16.5. The summed E-state index contributed by atoms with van der Waals surface area (Å²) in [6.07, 6.45) is -2.66. The van der Waals surface area contributed by atoms with Crippen molar-refractivity contribution in [3.8, 4) is 0 Å². The Labute approximate surface area is 172 Å². The van der Waals surface area contributed by atoms with Gasteiger partial charge in [-0.2, -0.15) is 9.97 Å². The topological polar surface area (TPSA) is 138 Å². The molecule has 3 aliphatic rings. The van der Waals surface area contributed by atoms with E-state index in [1.165, 1.54) is 6.33 Å². The molecule has 0 aliphatic carbocycles. The largest absolute Gasteiger partial charge is 0.394 e. The van der Waals surface area contributed by atoms with Crippen molar-refractivity contribution in [1.82, 2.24) is 19.5 Å². The Bertz CT molecular complexity index is 883. The molecule has 0 bridgehead atoms. The number of rotatable bonds is 4. The zero-order chi connectivity index (χ0) is 20.7. The van der Waals surface area contributed by atoms with Gasteiger partial charge < -0.3 is 39.3 Å². The lowest BCUT2D eigenvalue weighted by Gasteiger charge is -2.31. The van der Waals surface area contributed by atoms with Gasteiger partial charge >= 0.3 is 0 Å². The number of ether oxygens (including phenoxy) is 3. The van der Waals surface area contributed by atoms with E-state index in [2.05, 4.69) is 14.8 Å². The van der Waals surface area contributed by atoms with Crippen LogP contribution in [0.3, 0.4) is 0 Å². The summed E-state index contributed by atoms with van der Waals surface area (Å²) in [5.41, 5.74) is 1.09. The Morgan fingerprint density at radius 1 is 0.933 bits per heavy atom. The first-order valence-corrected chi connectivity index (χ1v) is 10.2. The van der Waals surface area contributed by atoms with E-state index in [-0.39, 0.29) is 0 Å². The molecule has 0 unspecified atom stereocenters. The van der Waals surface area contributed by atoms with Gasteiger partial charge in [-0.3, -0.25) is 4.57 Å². The third-order valence-corrected chi connectivity index (χ3v) is 5.79. The number of imidazole rings is 1. The van der Waals surface area contributed by atoms with Gasteiger partial charge in [0.25, 0.3) is 0 Å². The number of hydrogen-bond donors (Lipinski definition) is 3. The van der Waals surface area contributed by atoms with Crippen LogP contribution in [0.2, 0.25) is 0 Å². The molecule has 164 valence electrons. The van der Waals surface area contributed by atoms with Gasteiger partial charge in [-0.1, -0.05) is 0 Å². The van der Waals surface area contributed by atoms with Crippen molar-refractivity contribution < 1.29 is 29.5 Å². The molecule has 3 fully saturated rings. The molecule has 0 amide bonds. The van der Waals surface area contributed by atoms with Crippen LogP contribution in [0.5, 0.6) is 0 Å². The molecule has 5 rings (SSSR count). The van der Waals surface area contributed by atoms with Crippen LogP contribution >= 0.6 is 0 Å². The normalized spacial score (nSPS) is 30.4. The van der Waals surface area contributed by atoms with Crippen molar-refractivity contribution in [1.29, 1.82) is 0 Å². The van der Waals surface area contributed by atoms with Crippen molar-refractivity contribution in [3.63, 3.8) is 0 Å². The van der Waals surface area contributed by atoms with E-state index in [4.69, 9.17) is 24.2 Å². The predicted molar refractivity (Wildman–Crippen MR) is 104 cm³/mol. The van der Waals surface area contributed by atoms with Gasteiger partial charge in [-0.05, 0) is 0 Å². The van der Waals surface area contributed by atoms with Gasteiger partial charge in [-0.15, -0.1) is 0 Å². The van der Waals surface area contributed by atoms with E-state index in [0.717, 1.165) is 0 Å². The molecule has 0 radical (unpaired) electrons. The second-order valence-corrected chi connectivity index (χ2v) is 7.60. The summed E-state index contributed by atoms with van der Waals surface area (Å²) >= 11 is 0. The fraction of sp³-hybridized carbons (Fsp3) is 0.722. The Morgan fingerprint density at radius 2 is 1.60 bits per heavy atom. The average Bonchev–Trinajstić information content (AvgIpc) is 3.35. The number of fused-ring (bicyclic) bond motifs is 1. The first-order valence-electron chi connectivity index (χ1n) is 10.2. The van der Waals surface area contributed by atoms with Crippen molar-refractivity contribution >= 4 is 22.9 Å². The molecule has 4 atom stereocenters. The van der Waals surface area contributed by atoms with Crippen LogP contribution in [-0.2, 0) is 14.2 Å². The first kappa shape index (κ1) is 19.8. The van der Waals surface area contributed by atoms with Gasteiger partial charge in [0, 0.05) is 26.2 Å². The predicted octanol–water partition coefficient (Wildman–Crippen LogP) is -1.89. The molecule has 3 aliphatic heterocycles. The molecule has 5 heterocycles. The van der Waals surface area contributed by atoms with Gasteiger partial charge in [0.05, 0.1) is 39.4 Å². The van der Waals surface area contributed by atoms with Crippen LogP contribution in [0.1, 0.15) is 6.23 Å². The highest BCUT2D eigenvalue weighted by atomic mass is 16.6. The molecule has 3 N–H and O–H groups in total. The molecular weight excluding hydrogens is 396 g/mol. The molecule has 12 heteroatoms. The van der Waals surface area contributed by atoms with E-state index in [9.17, 15) is 15.3 Å². The summed E-state index contributed by atoms with van der Waals surface area (Å²) in [6.45, 7) is 4.75. The van der Waals surface area contributed by atoms with Gasteiger partial charge in [0.15, 0.2) is 23.2 Å². The number of aromatic nitrogens is 4. The molecule has 0 spiro atoms. The summed E-state index contributed by atoms with van der Waals surface area (Å²) in [5.74, 6) is 1.26. The fourth-order valence-corrected chi connectivity index (χ4v) is 4.09. The number of aliphatic hydroxyl groups is 3. The second-order valence-electron chi connectivity index (χ2n) is 7.60. The van der Waals surface area contributed by atoms with Crippen LogP contribution in [0.4, 0.5) is 11.8 Å². The Hall–Kier alpha value is -2.09. The quantitative estimate of drug-likeness (QED) is 0.510. The standard InChI is InChI=1S/C18H26N6O6/c25-9-11-13(26)14(27)17(30-11)24-10-19-12-15(22-1-5-28-6-2-22)20-18(21-16(12)24)23-3-7-29-8-4-23/h10-11,13-14,17,25-27H,1-9H2/t11-,13-,14-,17-/m1/s1. The van der Waals surface area contributed by atoms with Gasteiger partial charge in [-0.25, -0.2) is 4.98 Å². The Morgan fingerprint density at radius 3 is 2.23 bits per heavy atom. The second kappa shape index (κ2) is 8.21. The lowest BCUT2D eigenvalue weighted by Crippen LogP contribution is -2.39. The highest BCUT2D eigenvalue weighted by Crippen LogP contribution is 2.34. The first-order chi connectivity index (χ1) is 14.7. The van der Waals surface area contributed by atoms with Crippen LogP contribution in [0.15, 0.2) is 6.33 Å². The molecule has 0 aromatic carbocycles. The van der Waals surface area contributed by atoms with E-state index in [1.807, 2.05) is 0 Å². The SMILES string of the molecule is OC[C@H]1O[C@@H](n2cnc3c(N4CCOCC4)nc(N4CCOCC4)nc32)[C@H](O)[C@@H]1O. The van der Waals surface area contributed by atoms with E-state index < -0.39 is 31.1 Å².